The van der Waals surface area contributed by atoms with Crippen LogP contribution < -0.4 is 4.90 Å². The molecule has 7 nitrogen and oxygen atoms in total. The number of pyridine rings is 1. The molecule has 7 heteroatoms. The highest BCUT2D eigenvalue weighted by Gasteiger charge is 2.25. The van der Waals surface area contributed by atoms with Gasteiger partial charge in [-0.15, -0.1) is 0 Å². The van der Waals surface area contributed by atoms with Gasteiger partial charge in [-0.1, -0.05) is 12.1 Å². The molecule has 0 saturated carbocycles. The van der Waals surface area contributed by atoms with Gasteiger partial charge in [0.2, 0.25) is 5.95 Å². The molecule has 0 spiro atoms. The monoisotopic (exact) mass is 379 g/mol. The van der Waals surface area contributed by atoms with Crippen molar-refractivity contribution in [1.82, 2.24) is 20.1 Å². The first kappa shape index (κ1) is 18.6. The molecule has 1 aliphatic rings. The third-order valence-corrected chi connectivity index (χ3v) is 5.32. The number of hydrogen-bond acceptors (Lipinski definition) is 7. The van der Waals surface area contributed by atoms with Gasteiger partial charge in [0.05, 0.1) is 17.0 Å². The summed E-state index contributed by atoms with van der Waals surface area (Å²) in [5, 5.41) is 13.7. The van der Waals surface area contributed by atoms with Crippen LogP contribution in [-0.4, -0.2) is 44.9 Å². The van der Waals surface area contributed by atoms with Gasteiger partial charge >= 0.3 is 0 Å². The molecule has 146 valence electrons. The van der Waals surface area contributed by atoms with Crippen molar-refractivity contribution in [3.05, 3.63) is 42.2 Å². The Labute approximate surface area is 164 Å². The highest BCUT2D eigenvalue weighted by Crippen LogP contribution is 2.35. The Hall–Kier alpha value is -2.80. The SMILES string of the molecule is CCc1onc(C)c1-c1nc(N2CCCC(CO)C2)ncc1-c1ccncc1. The third-order valence-electron chi connectivity index (χ3n) is 5.32. The summed E-state index contributed by atoms with van der Waals surface area (Å²) in [5.41, 5.74) is 4.53. The minimum atomic E-state index is 0.198. The fourth-order valence-electron chi connectivity index (χ4n) is 3.82. The van der Waals surface area contributed by atoms with Crippen molar-refractivity contribution in [1.29, 1.82) is 0 Å². The topological polar surface area (TPSA) is 88.2 Å². The highest BCUT2D eigenvalue weighted by molar-refractivity contribution is 5.82. The zero-order valence-corrected chi connectivity index (χ0v) is 16.3. The summed E-state index contributed by atoms with van der Waals surface area (Å²) in [7, 11) is 0. The van der Waals surface area contributed by atoms with Crippen LogP contribution in [0, 0.1) is 12.8 Å². The minimum Gasteiger partial charge on any atom is -0.396 e. The van der Waals surface area contributed by atoms with Crippen molar-refractivity contribution >= 4 is 5.95 Å². The zero-order chi connectivity index (χ0) is 19.5. The fraction of sp³-hybridized carbons (Fsp3) is 0.429. The van der Waals surface area contributed by atoms with Crippen LogP contribution in [0.4, 0.5) is 5.95 Å². The summed E-state index contributed by atoms with van der Waals surface area (Å²) < 4.78 is 5.54. The molecule has 1 fully saturated rings. The van der Waals surface area contributed by atoms with E-state index in [9.17, 15) is 5.11 Å². The Morgan fingerprint density at radius 3 is 2.86 bits per heavy atom. The molecule has 3 aromatic heterocycles. The number of anilines is 1. The average Bonchev–Trinajstić information content (AvgIpc) is 3.14. The molecule has 0 radical (unpaired) electrons. The number of aromatic nitrogens is 4. The number of aryl methyl sites for hydroxylation is 2. The predicted molar refractivity (Wildman–Crippen MR) is 107 cm³/mol. The van der Waals surface area contributed by atoms with Crippen molar-refractivity contribution in [3.63, 3.8) is 0 Å². The quantitative estimate of drug-likeness (QED) is 0.728. The maximum Gasteiger partial charge on any atom is 0.225 e. The van der Waals surface area contributed by atoms with E-state index in [1.807, 2.05) is 32.2 Å². The molecule has 1 unspecified atom stereocenters. The molecule has 4 rings (SSSR count). The van der Waals surface area contributed by atoms with Gasteiger partial charge < -0.3 is 14.5 Å². The summed E-state index contributed by atoms with van der Waals surface area (Å²) in [6.45, 7) is 5.86. The molecule has 1 atom stereocenters. The van der Waals surface area contributed by atoms with E-state index in [-0.39, 0.29) is 12.5 Å². The van der Waals surface area contributed by atoms with Crippen LogP contribution in [0.25, 0.3) is 22.4 Å². The molecular formula is C21H25N5O2. The van der Waals surface area contributed by atoms with Crippen LogP contribution in [0.15, 0.2) is 35.2 Å². The molecule has 3 aromatic rings. The lowest BCUT2D eigenvalue weighted by atomic mass is 9.98. The highest BCUT2D eigenvalue weighted by atomic mass is 16.5. The summed E-state index contributed by atoms with van der Waals surface area (Å²) in [4.78, 5) is 15.9. The molecule has 4 heterocycles. The van der Waals surface area contributed by atoms with E-state index in [0.717, 1.165) is 66.2 Å². The van der Waals surface area contributed by atoms with Gasteiger partial charge in [0, 0.05) is 50.3 Å². The summed E-state index contributed by atoms with van der Waals surface area (Å²) in [6, 6.07) is 3.91. The smallest absolute Gasteiger partial charge is 0.225 e. The van der Waals surface area contributed by atoms with E-state index in [4.69, 9.17) is 9.51 Å². The summed E-state index contributed by atoms with van der Waals surface area (Å²) in [6.07, 6.45) is 8.22. The van der Waals surface area contributed by atoms with E-state index in [2.05, 4.69) is 20.0 Å². The van der Waals surface area contributed by atoms with Gasteiger partial charge in [-0.05, 0) is 43.4 Å². The largest absolute Gasteiger partial charge is 0.396 e. The maximum absolute atomic E-state index is 9.56. The lowest BCUT2D eigenvalue weighted by molar-refractivity contribution is 0.208. The predicted octanol–water partition coefficient (Wildman–Crippen LogP) is 3.27. The fourth-order valence-corrected chi connectivity index (χ4v) is 3.82. The van der Waals surface area contributed by atoms with Crippen LogP contribution in [0.5, 0.6) is 0 Å². The maximum atomic E-state index is 9.56. The van der Waals surface area contributed by atoms with Gasteiger partial charge in [0.1, 0.15) is 5.76 Å². The molecule has 0 aliphatic carbocycles. The Morgan fingerprint density at radius 2 is 2.11 bits per heavy atom. The molecule has 0 amide bonds. The van der Waals surface area contributed by atoms with E-state index in [0.29, 0.717) is 5.95 Å². The van der Waals surface area contributed by atoms with E-state index < -0.39 is 0 Å². The number of piperidine rings is 1. The van der Waals surface area contributed by atoms with Gasteiger partial charge in [0.25, 0.3) is 0 Å². The average molecular weight is 379 g/mol. The first-order chi connectivity index (χ1) is 13.7. The second-order valence-electron chi connectivity index (χ2n) is 7.22. The van der Waals surface area contributed by atoms with Crippen LogP contribution in [0.2, 0.25) is 0 Å². The Morgan fingerprint density at radius 1 is 1.29 bits per heavy atom. The van der Waals surface area contributed by atoms with Crippen molar-refractivity contribution in [2.24, 2.45) is 5.92 Å². The van der Waals surface area contributed by atoms with Crippen molar-refractivity contribution < 1.29 is 9.63 Å². The van der Waals surface area contributed by atoms with E-state index in [1.165, 1.54) is 0 Å². The summed E-state index contributed by atoms with van der Waals surface area (Å²) in [5.74, 6) is 1.78. The Kier molecular flexibility index (Phi) is 5.34. The zero-order valence-electron chi connectivity index (χ0n) is 16.3. The molecule has 0 bridgehead atoms. The molecule has 1 saturated heterocycles. The lowest BCUT2D eigenvalue weighted by Gasteiger charge is -2.32. The Balaban J connectivity index is 1.83. The molecule has 28 heavy (non-hydrogen) atoms. The molecule has 0 aromatic carbocycles. The first-order valence-corrected chi connectivity index (χ1v) is 9.80. The molecule has 1 aliphatic heterocycles. The molecule has 1 N–H and O–H groups in total. The van der Waals surface area contributed by atoms with Gasteiger partial charge in [0.15, 0.2) is 0 Å². The number of nitrogens with zero attached hydrogens (tertiary/aromatic N) is 5. The van der Waals surface area contributed by atoms with Crippen LogP contribution in [0.1, 0.15) is 31.2 Å². The van der Waals surface area contributed by atoms with E-state index >= 15 is 0 Å². The number of rotatable bonds is 5. The second kappa shape index (κ2) is 8.06. The van der Waals surface area contributed by atoms with Gasteiger partial charge in [-0.25, -0.2) is 9.97 Å². The van der Waals surface area contributed by atoms with Crippen molar-refractivity contribution in [3.8, 4) is 22.4 Å². The van der Waals surface area contributed by atoms with Gasteiger partial charge in [-0.2, -0.15) is 0 Å². The Bertz CT molecular complexity index is 941. The first-order valence-electron chi connectivity index (χ1n) is 9.80. The summed E-state index contributed by atoms with van der Waals surface area (Å²) >= 11 is 0. The van der Waals surface area contributed by atoms with Crippen molar-refractivity contribution in [2.75, 3.05) is 24.6 Å². The number of aliphatic hydroxyl groups excluding tert-OH is 1. The third kappa shape index (κ3) is 3.49. The van der Waals surface area contributed by atoms with Crippen LogP contribution in [-0.2, 0) is 6.42 Å². The lowest BCUT2D eigenvalue weighted by Crippen LogP contribution is -2.37. The van der Waals surface area contributed by atoms with Crippen LogP contribution in [0.3, 0.4) is 0 Å². The standard InChI is InChI=1S/C21H25N5O2/c1-3-18-19(14(2)25-28-18)20-17(16-6-8-22-9-7-16)11-23-21(24-20)26-10-4-5-15(12-26)13-27/h6-9,11,15,27H,3-5,10,12-13H2,1-2H3. The van der Waals surface area contributed by atoms with E-state index in [1.54, 1.807) is 12.4 Å². The second-order valence-corrected chi connectivity index (χ2v) is 7.22. The normalized spacial score (nSPS) is 17.1. The minimum absolute atomic E-state index is 0.198. The van der Waals surface area contributed by atoms with Crippen LogP contribution >= 0.6 is 0 Å². The molecular weight excluding hydrogens is 354 g/mol. The van der Waals surface area contributed by atoms with Crippen molar-refractivity contribution in [2.45, 2.75) is 33.1 Å². The number of hydrogen-bond donors (Lipinski definition) is 1. The number of aliphatic hydroxyl groups is 1. The van der Waals surface area contributed by atoms with Gasteiger partial charge in [-0.3, -0.25) is 4.98 Å².